The monoisotopic (exact) mass is 328 g/mol. The summed E-state index contributed by atoms with van der Waals surface area (Å²) in [7, 11) is -4.67. The van der Waals surface area contributed by atoms with Crippen molar-refractivity contribution in [2.75, 3.05) is 6.61 Å². The molecule has 0 saturated heterocycles. The molecule has 0 fully saturated rings. The second-order valence-electron chi connectivity index (χ2n) is 4.38. The normalized spacial score (nSPS) is 10.0. The maximum absolute atomic E-state index is 8.74. The molecule has 1 aromatic carbocycles. The molecule has 0 radical (unpaired) electrons. The fourth-order valence-corrected chi connectivity index (χ4v) is 1.59. The molecule has 0 aliphatic heterocycles. The van der Waals surface area contributed by atoms with Crippen molar-refractivity contribution in [1.82, 2.24) is 0 Å². The average molecular weight is 328 g/mol. The van der Waals surface area contributed by atoms with Crippen LogP contribution < -0.4 is 4.74 Å². The molecule has 0 aliphatic rings. The van der Waals surface area contributed by atoms with E-state index < -0.39 is 10.4 Å². The average Bonchev–Trinajstić information content (AvgIpc) is 2.37. The van der Waals surface area contributed by atoms with Gasteiger partial charge in [0.2, 0.25) is 0 Å². The predicted molar refractivity (Wildman–Crippen MR) is 86.6 cm³/mol. The van der Waals surface area contributed by atoms with Gasteiger partial charge in [-0.2, -0.15) is 8.42 Å². The molecule has 1 aromatic rings. The van der Waals surface area contributed by atoms with E-state index in [4.69, 9.17) is 22.3 Å². The third-order valence-electron chi connectivity index (χ3n) is 2.51. The van der Waals surface area contributed by atoms with Crippen LogP contribution in [0.4, 0.5) is 0 Å². The molecule has 0 bridgehead atoms. The van der Waals surface area contributed by atoms with Crippen LogP contribution in [0.15, 0.2) is 30.3 Å². The summed E-state index contributed by atoms with van der Waals surface area (Å²) in [5, 5.41) is 0. The number of unbranched alkanes of at least 4 members (excludes halogenated alkanes) is 5. The third kappa shape index (κ3) is 22.3. The van der Waals surface area contributed by atoms with Crippen molar-refractivity contribution in [3.63, 3.8) is 0 Å². The number of benzene rings is 1. The molecule has 5 nitrogen and oxygen atoms in total. The van der Waals surface area contributed by atoms with Gasteiger partial charge in [0.05, 0.1) is 6.61 Å². The van der Waals surface area contributed by atoms with Crippen molar-refractivity contribution in [2.45, 2.75) is 45.4 Å². The molecular formula is C14H25NaO5S. The number of ether oxygens (including phenoxy) is 1. The molecule has 0 amide bonds. The summed E-state index contributed by atoms with van der Waals surface area (Å²) >= 11 is 0. The quantitative estimate of drug-likeness (QED) is 0.435. The summed E-state index contributed by atoms with van der Waals surface area (Å²) in [6.07, 6.45) is 7.90. The SMILES string of the molecule is CCCCCCCCOc1ccccc1.O=S(=O)(O)O.[NaH]. The van der Waals surface area contributed by atoms with Crippen LogP contribution in [0.25, 0.3) is 0 Å². The number of hydrogen-bond donors (Lipinski definition) is 2. The Hall–Kier alpha value is -0.110. The minimum atomic E-state index is -4.67. The van der Waals surface area contributed by atoms with Gasteiger partial charge in [0, 0.05) is 0 Å². The Labute approximate surface area is 150 Å². The molecule has 0 aromatic heterocycles. The Morgan fingerprint density at radius 1 is 0.952 bits per heavy atom. The molecule has 7 heteroatoms. The Bertz CT molecular complexity index is 414. The topological polar surface area (TPSA) is 83.8 Å². The fourth-order valence-electron chi connectivity index (χ4n) is 1.59. The number of hydrogen-bond acceptors (Lipinski definition) is 3. The van der Waals surface area contributed by atoms with E-state index in [1.54, 1.807) is 0 Å². The van der Waals surface area contributed by atoms with E-state index in [0.29, 0.717) is 0 Å². The van der Waals surface area contributed by atoms with Crippen molar-refractivity contribution in [2.24, 2.45) is 0 Å². The summed E-state index contributed by atoms with van der Waals surface area (Å²) in [5.41, 5.74) is 0. The Balaban J connectivity index is 0. The van der Waals surface area contributed by atoms with Crippen molar-refractivity contribution in [3.05, 3.63) is 30.3 Å². The van der Waals surface area contributed by atoms with Gasteiger partial charge in [-0.3, -0.25) is 9.11 Å². The second-order valence-corrected chi connectivity index (χ2v) is 5.27. The Kier molecular flexibility index (Phi) is 16.3. The van der Waals surface area contributed by atoms with Crippen LogP contribution in [0.3, 0.4) is 0 Å². The van der Waals surface area contributed by atoms with E-state index in [2.05, 4.69) is 6.92 Å². The Morgan fingerprint density at radius 2 is 1.43 bits per heavy atom. The zero-order valence-electron chi connectivity index (χ0n) is 11.9. The molecule has 0 aliphatic carbocycles. The van der Waals surface area contributed by atoms with E-state index in [1.165, 1.54) is 38.5 Å². The van der Waals surface area contributed by atoms with E-state index >= 15 is 0 Å². The molecule has 118 valence electrons. The zero-order valence-corrected chi connectivity index (χ0v) is 12.7. The van der Waals surface area contributed by atoms with Crippen LogP contribution >= 0.6 is 0 Å². The molecule has 0 atom stereocenters. The van der Waals surface area contributed by atoms with E-state index in [9.17, 15) is 0 Å². The number of rotatable bonds is 8. The van der Waals surface area contributed by atoms with Gasteiger partial charge in [-0.25, -0.2) is 0 Å². The molecular weight excluding hydrogens is 303 g/mol. The summed E-state index contributed by atoms with van der Waals surface area (Å²) in [6.45, 7) is 3.11. The first-order valence-electron chi connectivity index (χ1n) is 6.81. The third-order valence-corrected chi connectivity index (χ3v) is 2.51. The van der Waals surface area contributed by atoms with E-state index in [1.807, 2.05) is 30.3 Å². The summed E-state index contributed by atoms with van der Waals surface area (Å²) < 4.78 is 37.2. The molecule has 0 spiro atoms. The number of para-hydroxylation sites is 1. The first kappa shape index (κ1) is 23.2. The van der Waals surface area contributed by atoms with Crippen LogP contribution in [-0.2, 0) is 10.4 Å². The first-order valence-corrected chi connectivity index (χ1v) is 8.21. The van der Waals surface area contributed by atoms with Gasteiger partial charge in [0.25, 0.3) is 0 Å². The maximum atomic E-state index is 8.74. The first-order chi connectivity index (χ1) is 9.43. The van der Waals surface area contributed by atoms with Crippen LogP contribution in [0.2, 0.25) is 0 Å². The van der Waals surface area contributed by atoms with Crippen molar-refractivity contribution < 1.29 is 22.3 Å². The van der Waals surface area contributed by atoms with Crippen LogP contribution in [0.1, 0.15) is 45.4 Å². The molecule has 2 N–H and O–H groups in total. The van der Waals surface area contributed by atoms with Gasteiger partial charge in [0.1, 0.15) is 5.75 Å². The van der Waals surface area contributed by atoms with Gasteiger partial charge in [-0.05, 0) is 18.6 Å². The molecule has 0 saturated carbocycles. The van der Waals surface area contributed by atoms with Gasteiger partial charge in [0.15, 0.2) is 0 Å². The van der Waals surface area contributed by atoms with E-state index in [-0.39, 0.29) is 29.6 Å². The zero-order chi connectivity index (χ0) is 15.3. The van der Waals surface area contributed by atoms with Gasteiger partial charge < -0.3 is 4.74 Å². The van der Waals surface area contributed by atoms with Crippen LogP contribution in [0, 0.1) is 0 Å². The molecule has 21 heavy (non-hydrogen) atoms. The standard InChI is InChI=1S/C14H22O.Na.H2O4S.H/c1-2-3-4-5-6-10-13-15-14-11-8-7-9-12-14;;1-5(2,3)4;/h7-9,11-12H,2-6,10,13H2,1H3;;(H2,1,2,3,4);. The minimum absolute atomic E-state index is 0. The predicted octanol–water partition coefficient (Wildman–Crippen LogP) is 3.12. The second kappa shape index (κ2) is 14.8. The van der Waals surface area contributed by atoms with Gasteiger partial charge in [-0.1, -0.05) is 57.2 Å². The summed E-state index contributed by atoms with van der Waals surface area (Å²) in [5.74, 6) is 0.992. The van der Waals surface area contributed by atoms with Crippen LogP contribution in [0.5, 0.6) is 5.75 Å². The van der Waals surface area contributed by atoms with Gasteiger partial charge >= 0.3 is 40.0 Å². The fraction of sp³-hybridized carbons (Fsp3) is 0.571. The summed E-state index contributed by atoms with van der Waals surface area (Å²) in [4.78, 5) is 0. The van der Waals surface area contributed by atoms with Crippen molar-refractivity contribution in [1.29, 1.82) is 0 Å². The molecule has 1 rings (SSSR count). The van der Waals surface area contributed by atoms with Crippen molar-refractivity contribution in [3.8, 4) is 5.75 Å². The van der Waals surface area contributed by atoms with Gasteiger partial charge in [-0.15, -0.1) is 0 Å². The van der Waals surface area contributed by atoms with E-state index in [0.717, 1.165) is 12.4 Å². The van der Waals surface area contributed by atoms with Crippen LogP contribution in [-0.4, -0.2) is 53.7 Å². The molecule has 0 unspecified atom stereocenters. The van der Waals surface area contributed by atoms with Crippen molar-refractivity contribution >= 4 is 40.0 Å². The molecule has 0 heterocycles. The summed E-state index contributed by atoms with van der Waals surface area (Å²) in [6, 6.07) is 10.1. The Morgan fingerprint density at radius 3 is 1.95 bits per heavy atom.